The van der Waals surface area contributed by atoms with Crippen LogP contribution in [0.5, 0.6) is 5.75 Å². The Bertz CT molecular complexity index is 947. The van der Waals surface area contributed by atoms with E-state index >= 15 is 0 Å². The van der Waals surface area contributed by atoms with Gasteiger partial charge in [0.25, 0.3) is 0 Å². The Kier molecular flexibility index (Phi) is 5.04. The van der Waals surface area contributed by atoms with E-state index in [1.807, 2.05) is 7.05 Å². The van der Waals surface area contributed by atoms with Crippen molar-refractivity contribution in [3.05, 3.63) is 30.1 Å². The minimum Gasteiger partial charge on any atom is -0.508 e. The molecule has 1 aromatic carbocycles. The van der Waals surface area contributed by atoms with Crippen LogP contribution in [-0.4, -0.2) is 41.9 Å². The lowest BCUT2D eigenvalue weighted by Crippen LogP contribution is -2.23. The Morgan fingerprint density at radius 3 is 2.74 bits per heavy atom. The van der Waals surface area contributed by atoms with E-state index in [0.717, 1.165) is 0 Å². The van der Waals surface area contributed by atoms with E-state index in [2.05, 4.69) is 25.6 Å². The monoisotopic (exact) mass is 371 g/mol. The van der Waals surface area contributed by atoms with Gasteiger partial charge in [-0.1, -0.05) is 0 Å². The van der Waals surface area contributed by atoms with Gasteiger partial charge in [0.15, 0.2) is 17.0 Å². The summed E-state index contributed by atoms with van der Waals surface area (Å²) in [5, 5.41) is 26.2. The third kappa shape index (κ3) is 4.56. The minimum absolute atomic E-state index is 0.159. The molecular weight excluding hydrogens is 346 g/mol. The van der Waals surface area contributed by atoms with E-state index in [-0.39, 0.29) is 5.75 Å². The molecule has 9 heteroatoms. The van der Waals surface area contributed by atoms with Crippen LogP contribution in [0.25, 0.3) is 11.2 Å². The van der Waals surface area contributed by atoms with Gasteiger partial charge in [-0.2, -0.15) is 9.97 Å². The van der Waals surface area contributed by atoms with Crippen molar-refractivity contribution < 1.29 is 10.2 Å². The standard InChI is InChI=1S/C18H25N7O2/c1-18(2,27)6-7-20-17-23-15(14-16(24-17)25(3)10-22-14)21-9-11-8-12(19)4-5-13(11)26/h4-5,8,10,26-27H,6-7,9,19H2,1-3H3,(H2,20,21,23,24). The Morgan fingerprint density at radius 2 is 2.00 bits per heavy atom. The number of benzene rings is 1. The molecule has 0 fully saturated rings. The first kappa shape index (κ1) is 18.7. The number of nitrogens with zero attached hydrogens (tertiary/aromatic N) is 4. The van der Waals surface area contributed by atoms with Crippen molar-refractivity contribution in [2.24, 2.45) is 7.05 Å². The minimum atomic E-state index is -0.768. The molecule has 0 radical (unpaired) electrons. The number of nitrogen functional groups attached to an aromatic ring is 1. The van der Waals surface area contributed by atoms with Crippen LogP contribution < -0.4 is 16.4 Å². The van der Waals surface area contributed by atoms with Crippen molar-refractivity contribution in [3.63, 3.8) is 0 Å². The predicted octanol–water partition coefficient (Wildman–Crippen LogP) is 1.84. The van der Waals surface area contributed by atoms with Crippen LogP contribution in [0, 0.1) is 0 Å². The normalized spacial score (nSPS) is 11.7. The topological polar surface area (TPSA) is 134 Å². The van der Waals surface area contributed by atoms with Crippen molar-refractivity contribution in [2.75, 3.05) is 22.9 Å². The summed E-state index contributed by atoms with van der Waals surface area (Å²) in [6.07, 6.45) is 2.23. The van der Waals surface area contributed by atoms with Crippen molar-refractivity contribution >= 4 is 28.6 Å². The molecule has 0 atom stereocenters. The first-order valence-electron chi connectivity index (χ1n) is 8.69. The molecule has 3 aromatic rings. The number of hydrogen-bond donors (Lipinski definition) is 5. The molecule has 0 amide bonds. The van der Waals surface area contributed by atoms with Crippen LogP contribution in [0.3, 0.4) is 0 Å². The van der Waals surface area contributed by atoms with Crippen LogP contribution in [0.4, 0.5) is 17.5 Å². The SMILES string of the molecule is Cn1cnc2c(NCc3cc(N)ccc3O)nc(NCCC(C)(C)O)nc21. The summed E-state index contributed by atoms with van der Waals surface area (Å²) in [7, 11) is 1.86. The number of fused-ring (bicyclic) bond motifs is 1. The zero-order valence-corrected chi connectivity index (χ0v) is 15.7. The van der Waals surface area contributed by atoms with Crippen molar-refractivity contribution in [1.29, 1.82) is 0 Å². The number of imidazole rings is 1. The second-order valence-electron chi connectivity index (χ2n) is 7.15. The Labute approximate surface area is 157 Å². The number of anilines is 3. The van der Waals surface area contributed by atoms with E-state index in [9.17, 15) is 10.2 Å². The zero-order chi connectivity index (χ0) is 19.6. The molecular formula is C18H25N7O2. The Balaban J connectivity index is 1.83. The summed E-state index contributed by atoms with van der Waals surface area (Å²) in [5.74, 6) is 1.15. The molecule has 0 unspecified atom stereocenters. The number of hydrogen-bond acceptors (Lipinski definition) is 8. The lowest BCUT2D eigenvalue weighted by Gasteiger charge is -2.17. The van der Waals surface area contributed by atoms with Gasteiger partial charge < -0.3 is 31.1 Å². The molecule has 0 spiro atoms. The van der Waals surface area contributed by atoms with E-state index in [4.69, 9.17) is 5.73 Å². The van der Waals surface area contributed by atoms with E-state index in [0.29, 0.717) is 53.7 Å². The first-order chi connectivity index (χ1) is 12.7. The molecule has 3 rings (SSSR count). The quantitative estimate of drug-likeness (QED) is 0.314. The highest BCUT2D eigenvalue weighted by Gasteiger charge is 2.15. The van der Waals surface area contributed by atoms with Gasteiger partial charge in [-0.25, -0.2) is 4.98 Å². The number of nitrogens with one attached hydrogen (secondary N) is 2. The largest absolute Gasteiger partial charge is 0.508 e. The van der Waals surface area contributed by atoms with Gasteiger partial charge in [0, 0.05) is 31.4 Å². The summed E-state index contributed by atoms with van der Waals surface area (Å²) in [6, 6.07) is 4.92. The third-order valence-corrected chi connectivity index (χ3v) is 4.13. The number of aromatic nitrogens is 4. The van der Waals surface area contributed by atoms with Gasteiger partial charge in [0.05, 0.1) is 11.9 Å². The summed E-state index contributed by atoms with van der Waals surface area (Å²) >= 11 is 0. The van der Waals surface area contributed by atoms with E-state index < -0.39 is 5.60 Å². The maximum absolute atomic E-state index is 9.99. The summed E-state index contributed by atoms with van der Waals surface area (Å²) in [5.41, 5.74) is 7.57. The molecule has 0 aliphatic heterocycles. The molecule has 0 saturated carbocycles. The summed E-state index contributed by atoms with van der Waals surface area (Å²) < 4.78 is 1.81. The summed E-state index contributed by atoms with van der Waals surface area (Å²) in [6.45, 7) is 4.38. The number of phenolic OH excluding ortho intramolecular Hbond substituents is 1. The predicted molar refractivity (Wildman–Crippen MR) is 106 cm³/mol. The second kappa shape index (κ2) is 7.28. The number of aromatic hydroxyl groups is 1. The third-order valence-electron chi connectivity index (χ3n) is 4.13. The van der Waals surface area contributed by atoms with Crippen molar-refractivity contribution in [3.8, 4) is 5.75 Å². The highest BCUT2D eigenvalue weighted by Crippen LogP contribution is 2.24. The van der Waals surface area contributed by atoms with Gasteiger partial charge in [-0.15, -0.1) is 0 Å². The average molecular weight is 371 g/mol. The highest BCUT2D eigenvalue weighted by atomic mass is 16.3. The molecule has 0 aliphatic rings. The number of phenols is 1. The van der Waals surface area contributed by atoms with Crippen LogP contribution in [-0.2, 0) is 13.6 Å². The van der Waals surface area contributed by atoms with Gasteiger partial charge in [0.1, 0.15) is 5.75 Å². The second-order valence-corrected chi connectivity index (χ2v) is 7.15. The molecule has 144 valence electrons. The molecule has 0 saturated heterocycles. The smallest absolute Gasteiger partial charge is 0.226 e. The zero-order valence-electron chi connectivity index (χ0n) is 15.7. The number of aryl methyl sites for hydroxylation is 1. The van der Waals surface area contributed by atoms with Gasteiger partial charge >= 0.3 is 0 Å². The molecule has 0 aliphatic carbocycles. The lowest BCUT2D eigenvalue weighted by atomic mass is 10.1. The van der Waals surface area contributed by atoms with Crippen LogP contribution >= 0.6 is 0 Å². The van der Waals surface area contributed by atoms with Gasteiger partial charge in [-0.05, 0) is 38.5 Å². The highest BCUT2D eigenvalue weighted by molar-refractivity contribution is 5.84. The van der Waals surface area contributed by atoms with E-state index in [1.54, 1.807) is 42.9 Å². The Hall–Kier alpha value is -3.07. The van der Waals surface area contributed by atoms with Crippen LogP contribution in [0.1, 0.15) is 25.8 Å². The fourth-order valence-corrected chi connectivity index (χ4v) is 2.62. The lowest BCUT2D eigenvalue weighted by molar-refractivity contribution is 0.0748. The van der Waals surface area contributed by atoms with Crippen molar-refractivity contribution in [1.82, 2.24) is 19.5 Å². The summed E-state index contributed by atoms with van der Waals surface area (Å²) in [4.78, 5) is 13.3. The molecule has 6 N–H and O–H groups in total. The molecule has 0 bridgehead atoms. The van der Waals surface area contributed by atoms with Crippen LogP contribution in [0.15, 0.2) is 24.5 Å². The molecule has 2 aromatic heterocycles. The average Bonchev–Trinajstić information content (AvgIpc) is 2.96. The fourth-order valence-electron chi connectivity index (χ4n) is 2.62. The first-order valence-corrected chi connectivity index (χ1v) is 8.69. The number of aliphatic hydroxyl groups is 1. The van der Waals surface area contributed by atoms with Gasteiger partial charge in [0.2, 0.25) is 5.95 Å². The Morgan fingerprint density at radius 1 is 1.22 bits per heavy atom. The maximum Gasteiger partial charge on any atom is 0.226 e. The van der Waals surface area contributed by atoms with Gasteiger partial charge in [-0.3, -0.25) is 0 Å². The number of nitrogens with two attached hydrogens (primary N) is 1. The van der Waals surface area contributed by atoms with E-state index in [1.165, 1.54) is 0 Å². The fraction of sp³-hybridized carbons (Fsp3) is 0.389. The molecule has 27 heavy (non-hydrogen) atoms. The van der Waals surface area contributed by atoms with Crippen LogP contribution in [0.2, 0.25) is 0 Å². The molecule has 2 heterocycles. The molecule has 9 nitrogen and oxygen atoms in total. The number of rotatable bonds is 7. The van der Waals surface area contributed by atoms with Crippen molar-refractivity contribution in [2.45, 2.75) is 32.4 Å². The maximum atomic E-state index is 9.99.